The van der Waals surface area contributed by atoms with Gasteiger partial charge in [-0.2, -0.15) is 0 Å². The first-order valence-electron chi connectivity index (χ1n) is 16.8. The number of pyridine rings is 2. The Balaban J connectivity index is 0.000000229. The molecule has 0 saturated carbocycles. The number of benzene rings is 4. The molecule has 3 heterocycles. The van der Waals surface area contributed by atoms with Gasteiger partial charge in [0.15, 0.2) is 0 Å². The Labute approximate surface area is 302 Å². The van der Waals surface area contributed by atoms with Gasteiger partial charge in [-0.1, -0.05) is 80.3 Å². The molecule has 0 spiro atoms. The first-order chi connectivity index (χ1) is 23.2. The number of aromatic nitrogens is 2. The van der Waals surface area contributed by atoms with Gasteiger partial charge < -0.3 is 9.40 Å². The van der Waals surface area contributed by atoms with E-state index in [1.807, 2.05) is 69.4 Å². The van der Waals surface area contributed by atoms with Gasteiger partial charge in [-0.15, -0.1) is 23.8 Å². The molecule has 3 nitrogen and oxygen atoms in total. The smallest absolute Gasteiger partial charge is 0 e. The van der Waals surface area contributed by atoms with Crippen LogP contribution in [-0.4, -0.2) is 23.2 Å². The van der Waals surface area contributed by atoms with Crippen molar-refractivity contribution in [1.29, 1.82) is 0 Å². The summed E-state index contributed by atoms with van der Waals surface area (Å²) >= 11 is -1.79. The molecule has 0 aliphatic heterocycles. The number of rotatable bonds is 5. The first kappa shape index (κ1) is 32.6. The molecule has 7 aromatic rings. The predicted molar refractivity (Wildman–Crippen MR) is 196 cm³/mol. The third kappa shape index (κ3) is 8.57. The molecule has 0 unspecified atom stereocenters. The van der Waals surface area contributed by atoms with Crippen molar-refractivity contribution in [2.75, 3.05) is 0 Å². The van der Waals surface area contributed by atoms with Crippen LogP contribution in [0.25, 0.3) is 55.6 Å². The number of halogens is 1. The molecule has 0 amide bonds. The fourth-order valence-corrected chi connectivity index (χ4v) is 7.50. The molecule has 0 atom stereocenters. The fraction of sp³-hybridized carbons (Fsp3) is 0.190. The third-order valence-corrected chi connectivity index (χ3v) is 12.0. The van der Waals surface area contributed by atoms with Gasteiger partial charge in [0.2, 0.25) is 0 Å². The van der Waals surface area contributed by atoms with Crippen LogP contribution in [0, 0.1) is 23.4 Å². The molecule has 0 saturated heterocycles. The normalized spacial score (nSPS) is 12.5. The van der Waals surface area contributed by atoms with E-state index >= 15 is 0 Å². The molecule has 3 aromatic heterocycles. The number of fused-ring (bicyclic) bond motifs is 3. The van der Waals surface area contributed by atoms with E-state index in [2.05, 4.69) is 75.8 Å². The van der Waals surface area contributed by atoms with Crippen molar-refractivity contribution in [3.8, 4) is 33.6 Å². The van der Waals surface area contributed by atoms with Crippen molar-refractivity contribution in [1.82, 2.24) is 9.97 Å². The number of hydrogen-bond acceptors (Lipinski definition) is 3. The summed E-state index contributed by atoms with van der Waals surface area (Å²) in [4.78, 5) is 8.94. The summed E-state index contributed by atoms with van der Waals surface area (Å²) in [5, 5.41) is 2.04. The van der Waals surface area contributed by atoms with E-state index in [9.17, 15) is 4.39 Å². The Kier molecular flexibility index (Phi) is 9.99. The number of furan rings is 1. The van der Waals surface area contributed by atoms with Crippen molar-refractivity contribution >= 4 is 39.6 Å². The molecule has 0 aliphatic rings. The second-order valence-electron chi connectivity index (χ2n) is 13.7. The molecule has 0 aliphatic carbocycles. The van der Waals surface area contributed by atoms with Crippen LogP contribution in [0.4, 0.5) is 4.39 Å². The molecular weight excluding hydrogens is 832 g/mol. The van der Waals surface area contributed by atoms with E-state index in [4.69, 9.17) is 7.16 Å². The van der Waals surface area contributed by atoms with Crippen molar-refractivity contribution in [3.63, 3.8) is 0 Å². The molecule has 0 N–H and O–H groups in total. The molecule has 1 radical (unpaired) electrons. The van der Waals surface area contributed by atoms with Crippen LogP contribution in [0.5, 0.6) is 0 Å². The largest absolute Gasteiger partial charge is 0 e. The van der Waals surface area contributed by atoms with Gasteiger partial charge in [0, 0.05) is 34.4 Å². The molecule has 245 valence electrons. The number of hydrogen-bond donors (Lipinski definition) is 0. The minimum absolute atomic E-state index is 0. The second-order valence-corrected chi connectivity index (χ2v) is 24.4. The maximum absolute atomic E-state index is 12.8. The van der Waals surface area contributed by atoms with Crippen LogP contribution in [-0.2, 0) is 26.5 Å². The average molecular weight is 874 g/mol. The minimum atomic E-state index is -1.79. The van der Waals surface area contributed by atoms with Gasteiger partial charge in [0.25, 0.3) is 0 Å². The zero-order chi connectivity index (χ0) is 35.0. The van der Waals surface area contributed by atoms with Crippen LogP contribution in [0.2, 0.25) is 17.3 Å². The quantitative estimate of drug-likeness (QED) is 0.128. The van der Waals surface area contributed by atoms with Crippen molar-refractivity contribution < 1.29 is 31.7 Å². The van der Waals surface area contributed by atoms with E-state index in [-0.39, 0.29) is 25.9 Å². The molecular formula is C42H39FGeIrN2O-2. The van der Waals surface area contributed by atoms with Gasteiger partial charge in [-0.3, -0.25) is 0 Å². The Morgan fingerprint density at radius 3 is 2.19 bits per heavy atom. The monoisotopic (exact) mass is 875 g/mol. The SMILES string of the molecule is [2H]C([2H])(c1ccnc(-c2[c-]cc3oc4cc(-c5ccccc5)ccc4c3c2)c1)C(C)(C)C.[CH3][Ge]([CH3])([CH3])[c]1ccc(-c2[c-]cc(F)cc2)nc1.[Ir]. The third-order valence-electron chi connectivity index (χ3n) is 7.75. The average Bonchev–Trinajstić information content (AvgIpc) is 3.46. The van der Waals surface area contributed by atoms with Crippen LogP contribution >= 0.6 is 0 Å². The van der Waals surface area contributed by atoms with Crippen molar-refractivity contribution in [2.45, 2.75) is 44.4 Å². The molecule has 6 heteroatoms. The molecule has 48 heavy (non-hydrogen) atoms. The van der Waals surface area contributed by atoms with Crippen LogP contribution in [0.1, 0.15) is 29.1 Å². The zero-order valence-electron chi connectivity index (χ0n) is 30.0. The Bertz CT molecular complexity index is 2220. The fourth-order valence-electron chi connectivity index (χ4n) is 5.33. The standard InChI is InChI=1S/C28H24NO.C14H15FGeN.Ir/c1-28(2,3)18-19-13-14-29-25(15-19)22-10-12-26-24(16-22)23-11-9-21(17-27(23)30-26)20-7-5-4-6-8-20;1-16(2,3)13-8-9-14(17-10-13)11-4-6-12(15)7-5-11;/h4-9,11-17H,18H2,1-3H3;4,6-10H,1-3H3;/q2*-1;/i18D2;;. The Morgan fingerprint density at radius 1 is 0.750 bits per heavy atom. The summed E-state index contributed by atoms with van der Waals surface area (Å²) in [5.74, 6) is 6.73. The van der Waals surface area contributed by atoms with E-state index in [1.165, 1.54) is 16.5 Å². The van der Waals surface area contributed by atoms with Gasteiger partial charge >= 0.3 is 104 Å². The van der Waals surface area contributed by atoms with Gasteiger partial charge in [-0.25, -0.2) is 0 Å². The summed E-state index contributed by atoms with van der Waals surface area (Å²) < 4.78 is 37.5. The summed E-state index contributed by atoms with van der Waals surface area (Å²) in [6.45, 7) is 5.73. The zero-order valence-corrected chi connectivity index (χ0v) is 32.5. The number of nitrogens with zero attached hydrogens (tertiary/aromatic N) is 2. The maximum atomic E-state index is 12.8. The maximum Gasteiger partial charge on any atom is 0 e. The topological polar surface area (TPSA) is 38.9 Å². The molecule has 0 bridgehead atoms. The summed E-state index contributed by atoms with van der Waals surface area (Å²) in [6, 6.07) is 38.8. The van der Waals surface area contributed by atoms with Gasteiger partial charge in [0.05, 0.1) is 5.58 Å². The first-order valence-corrected chi connectivity index (χ1v) is 23.1. The Morgan fingerprint density at radius 2 is 1.52 bits per heavy atom. The van der Waals surface area contributed by atoms with E-state index in [0.717, 1.165) is 49.9 Å². The summed E-state index contributed by atoms with van der Waals surface area (Å²) in [7, 11) is 0. The van der Waals surface area contributed by atoms with Crippen molar-refractivity contribution in [2.24, 2.45) is 5.41 Å². The minimum Gasteiger partial charge on any atom is 0 e. The van der Waals surface area contributed by atoms with Crippen LogP contribution in [0.3, 0.4) is 0 Å². The summed E-state index contributed by atoms with van der Waals surface area (Å²) in [6.07, 6.45) is 2.14. The van der Waals surface area contributed by atoms with Crippen molar-refractivity contribution in [3.05, 3.63) is 139 Å². The van der Waals surface area contributed by atoms with E-state index in [1.54, 1.807) is 18.3 Å². The van der Waals surface area contributed by atoms with Crippen LogP contribution in [0.15, 0.2) is 120 Å². The predicted octanol–water partition coefficient (Wildman–Crippen LogP) is 10.9. The summed E-state index contributed by atoms with van der Waals surface area (Å²) in [5.41, 5.74) is 7.15. The van der Waals surface area contributed by atoms with E-state index in [0.29, 0.717) is 11.3 Å². The molecule has 7 rings (SSSR count). The Hall–Kier alpha value is -3.90. The second kappa shape index (κ2) is 14.7. The van der Waals surface area contributed by atoms with Gasteiger partial charge in [0.1, 0.15) is 5.58 Å². The molecule has 4 aromatic carbocycles. The van der Waals surface area contributed by atoms with E-state index < -0.39 is 25.1 Å². The van der Waals surface area contributed by atoms with Crippen LogP contribution < -0.4 is 4.40 Å². The van der Waals surface area contributed by atoms with Gasteiger partial charge in [-0.05, 0) is 40.7 Å². The molecule has 0 fully saturated rings.